The number of para-hydroxylation sites is 1. The van der Waals surface area contributed by atoms with E-state index < -0.39 is 10.8 Å². The van der Waals surface area contributed by atoms with E-state index in [1.54, 1.807) is 18.2 Å². The molecule has 3 aromatic carbocycles. The van der Waals surface area contributed by atoms with Crippen molar-refractivity contribution in [1.29, 1.82) is 0 Å². The zero-order valence-corrected chi connectivity index (χ0v) is 19.1. The Hall–Kier alpha value is -3.43. The summed E-state index contributed by atoms with van der Waals surface area (Å²) in [5.74, 6) is 0.227. The van der Waals surface area contributed by atoms with E-state index in [1.165, 1.54) is 37.6 Å². The van der Waals surface area contributed by atoms with Crippen molar-refractivity contribution in [2.75, 3.05) is 7.11 Å². The second-order valence-electron chi connectivity index (χ2n) is 6.39. The fraction of sp³-hybridized carbons (Fsp3) is 0.0909. The number of ether oxygens (including phenoxy) is 2. The molecular formula is C22H17BrClN3O5. The summed E-state index contributed by atoms with van der Waals surface area (Å²) in [6.07, 6.45) is 1.39. The van der Waals surface area contributed by atoms with E-state index in [9.17, 15) is 14.9 Å². The Morgan fingerprint density at radius 3 is 2.66 bits per heavy atom. The molecule has 0 radical (unpaired) electrons. The molecule has 0 spiro atoms. The van der Waals surface area contributed by atoms with Gasteiger partial charge < -0.3 is 9.47 Å². The van der Waals surface area contributed by atoms with Crippen molar-refractivity contribution in [1.82, 2.24) is 5.43 Å². The molecule has 0 bridgehead atoms. The highest BCUT2D eigenvalue weighted by Crippen LogP contribution is 2.37. The third-order valence-electron chi connectivity index (χ3n) is 4.31. The topological polar surface area (TPSA) is 103 Å². The van der Waals surface area contributed by atoms with Gasteiger partial charge in [-0.1, -0.05) is 41.9 Å². The normalized spacial score (nSPS) is 10.7. The van der Waals surface area contributed by atoms with Crippen LogP contribution in [-0.2, 0) is 6.61 Å². The standard InChI is InChI=1S/C22H17BrClN3O5/c1-31-20-11-14(10-17(23)21(20)32-13-15-6-2-4-8-18(15)24)12-25-26-22(28)16-7-3-5-9-19(16)27(29)30/h2-12H,13H2,1H3,(H,26,28). The minimum atomic E-state index is -0.695. The largest absolute Gasteiger partial charge is 0.493 e. The lowest BCUT2D eigenvalue weighted by Crippen LogP contribution is -2.18. The summed E-state index contributed by atoms with van der Waals surface area (Å²) in [4.78, 5) is 22.7. The Balaban J connectivity index is 1.73. The molecule has 3 rings (SSSR count). The van der Waals surface area contributed by atoms with Crippen molar-refractivity contribution in [3.05, 3.63) is 97.0 Å². The molecule has 0 saturated heterocycles. The molecule has 0 aliphatic carbocycles. The molecule has 0 aliphatic rings. The van der Waals surface area contributed by atoms with Crippen LogP contribution < -0.4 is 14.9 Å². The highest BCUT2D eigenvalue weighted by Gasteiger charge is 2.18. The Kier molecular flexibility index (Phi) is 7.80. The van der Waals surface area contributed by atoms with Crippen LogP contribution in [0.2, 0.25) is 5.02 Å². The molecule has 0 aromatic heterocycles. The molecule has 0 unspecified atom stereocenters. The number of halogens is 2. The van der Waals surface area contributed by atoms with Crippen molar-refractivity contribution in [3.8, 4) is 11.5 Å². The van der Waals surface area contributed by atoms with Crippen LogP contribution in [-0.4, -0.2) is 24.2 Å². The van der Waals surface area contributed by atoms with Crippen LogP contribution in [0.4, 0.5) is 5.69 Å². The first-order chi connectivity index (χ1) is 15.4. The summed E-state index contributed by atoms with van der Waals surface area (Å²) in [5, 5.41) is 15.6. The third kappa shape index (κ3) is 5.63. The molecule has 164 valence electrons. The number of nitro benzene ring substituents is 1. The van der Waals surface area contributed by atoms with Gasteiger partial charge in [0, 0.05) is 16.7 Å². The van der Waals surface area contributed by atoms with Crippen LogP contribution in [0.5, 0.6) is 11.5 Å². The molecule has 0 saturated carbocycles. The van der Waals surface area contributed by atoms with Crippen LogP contribution >= 0.6 is 27.5 Å². The highest BCUT2D eigenvalue weighted by atomic mass is 79.9. The third-order valence-corrected chi connectivity index (χ3v) is 5.26. The number of nitrogens with zero attached hydrogens (tertiary/aromatic N) is 2. The number of nitro groups is 1. The molecule has 32 heavy (non-hydrogen) atoms. The molecule has 8 nitrogen and oxygen atoms in total. The van der Waals surface area contributed by atoms with Crippen LogP contribution in [0.15, 0.2) is 70.2 Å². The Morgan fingerprint density at radius 2 is 1.94 bits per heavy atom. The van der Waals surface area contributed by atoms with E-state index in [4.69, 9.17) is 21.1 Å². The number of hydrazone groups is 1. The first kappa shape index (κ1) is 23.2. The van der Waals surface area contributed by atoms with Crippen molar-refractivity contribution < 1.29 is 19.2 Å². The first-order valence-corrected chi connectivity index (χ1v) is 10.4. The minimum Gasteiger partial charge on any atom is -0.493 e. The number of methoxy groups -OCH3 is 1. The summed E-state index contributed by atoms with van der Waals surface area (Å²) in [6, 6.07) is 16.4. The van der Waals surface area contributed by atoms with Crippen LogP contribution in [0.1, 0.15) is 21.5 Å². The molecule has 0 heterocycles. The minimum absolute atomic E-state index is 0.0864. The van der Waals surface area contributed by atoms with Gasteiger partial charge in [-0.05, 0) is 45.8 Å². The molecule has 0 aliphatic heterocycles. The second kappa shape index (κ2) is 10.7. The quantitative estimate of drug-likeness (QED) is 0.246. The summed E-state index contributed by atoms with van der Waals surface area (Å²) in [7, 11) is 1.50. The maximum Gasteiger partial charge on any atom is 0.282 e. The van der Waals surface area contributed by atoms with Gasteiger partial charge in [-0.15, -0.1) is 0 Å². The van der Waals surface area contributed by atoms with Gasteiger partial charge in [-0.25, -0.2) is 5.43 Å². The van der Waals surface area contributed by atoms with Crippen LogP contribution in [0, 0.1) is 10.1 Å². The van der Waals surface area contributed by atoms with Gasteiger partial charge in [0.25, 0.3) is 11.6 Å². The first-order valence-electron chi connectivity index (χ1n) is 9.21. The lowest BCUT2D eigenvalue weighted by molar-refractivity contribution is -0.385. The molecule has 10 heteroatoms. The predicted molar refractivity (Wildman–Crippen MR) is 125 cm³/mol. The van der Waals surface area contributed by atoms with Gasteiger partial charge >= 0.3 is 0 Å². The SMILES string of the molecule is COc1cc(C=NNC(=O)c2ccccc2[N+](=O)[O-])cc(Br)c1OCc1ccccc1Cl. The van der Waals surface area contributed by atoms with Gasteiger partial charge in [-0.2, -0.15) is 5.10 Å². The van der Waals surface area contributed by atoms with Crippen LogP contribution in [0.3, 0.4) is 0 Å². The second-order valence-corrected chi connectivity index (χ2v) is 7.65. The van der Waals surface area contributed by atoms with E-state index in [0.29, 0.717) is 26.6 Å². The fourth-order valence-electron chi connectivity index (χ4n) is 2.77. The number of benzene rings is 3. The average molecular weight is 519 g/mol. The number of nitrogens with one attached hydrogen (secondary N) is 1. The average Bonchev–Trinajstić information content (AvgIpc) is 2.79. The van der Waals surface area contributed by atoms with E-state index in [0.717, 1.165) is 5.56 Å². The summed E-state index contributed by atoms with van der Waals surface area (Å²) >= 11 is 9.62. The number of amides is 1. The summed E-state index contributed by atoms with van der Waals surface area (Å²) < 4.78 is 11.9. The van der Waals surface area contributed by atoms with Crippen molar-refractivity contribution in [2.24, 2.45) is 5.10 Å². The highest BCUT2D eigenvalue weighted by molar-refractivity contribution is 9.10. The molecule has 1 N–H and O–H groups in total. The molecular weight excluding hydrogens is 502 g/mol. The Morgan fingerprint density at radius 1 is 1.22 bits per heavy atom. The lowest BCUT2D eigenvalue weighted by atomic mass is 10.2. The van der Waals surface area contributed by atoms with Crippen LogP contribution in [0.25, 0.3) is 0 Å². The molecule has 0 fully saturated rings. The Bertz CT molecular complexity index is 1190. The van der Waals surface area contributed by atoms with E-state index in [1.807, 2.05) is 18.2 Å². The van der Waals surface area contributed by atoms with Gasteiger partial charge in [0.1, 0.15) is 12.2 Å². The maximum absolute atomic E-state index is 12.3. The van der Waals surface area contributed by atoms with Crippen molar-refractivity contribution in [3.63, 3.8) is 0 Å². The zero-order chi connectivity index (χ0) is 23.1. The van der Waals surface area contributed by atoms with Gasteiger partial charge in [0.15, 0.2) is 11.5 Å². The number of rotatable bonds is 8. The van der Waals surface area contributed by atoms with Gasteiger partial charge in [0.05, 0.1) is 22.7 Å². The molecule has 1 amide bonds. The fourth-order valence-corrected chi connectivity index (χ4v) is 3.53. The molecule has 0 atom stereocenters. The number of hydrogen-bond acceptors (Lipinski definition) is 6. The zero-order valence-electron chi connectivity index (χ0n) is 16.7. The number of carbonyl (C=O) groups is 1. The van der Waals surface area contributed by atoms with Crippen molar-refractivity contribution >= 4 is 45.3 Å². The van der Waals surface area contributed by atoms with E-state index in [2.05, 4.69) is 26.5 Å². The predicted octanol–water partition coefficient (Wildman–Crippen LogP) is 5.36. The van der Waals surface area contributed by atoms with Gasteiger partial charge in [0.2, 0.25) is 0 Å². The smallest absolute Gasteiger partial charge is 0.282 e. The monoisotopic (exact) mass is 517 g/mol. The molecule has 3 aromatic rings. The number of hydrogen-bond donors (Lipinski definition) is 1. The van der Waals surface area contributed by atoms with Crippen molar-refractivity contribution in [2.45, 2.75) is 6.61 Å². The van der Waals surface area contributed by atoms with E-state index in [-0.39, 0.29) is 17.9 Å². The number of carbonyl (C=O) groups excluding carboxylic acids is 1. The Labute approximate surface area is 197 Å². The summed E-state index contributed by atoms with van der Waals surface area (Å²) in [6.45, 7) is 0.244. The van der Waals surface area contributed by atoms with Gasteiger partial charge in [-0.3, -0.25) is 14.9 Å². The summed E-state index contributed by atoms with van der Waals surface area (Å²) in [5.41, 5.74) is 3.33. The van der Waals surface area contributed by atoms with E-state index >= 15 is 0 Å². The maximum atomic E-state index is 12.3. The lowest BCUT2D eigenvalue weighted by Gasteiger charge is -2.14.